The maximum absolute atomic E-state index is 11.2. The highest BCUT2D eigenvalue weighted by molar-refractivity contribution is 5.71. The van der Waals surface area contributed by atoms with Crippen LogP contribution in [0.4, 0.5) is 0 Å². The highest BCUT2D eigenvalue weighted by Crippen LogP contribution is 2.42. The molecule has 0 radical (unpaired) electrons. The van der Waals surface area contributed by atoms with E-state index in [9.17, 15) is 15.0 Å². The summed E-state index contributed by atoms with van der Waals surface area (Å²) in [7, 11) is 0. The number of pyridine rings is 1. The molecule has 2 N–H and O–H groups in total. The maximum Gasteiger partial charge on any atom is 0.308 e. The smallest absolute Gasteiger partial charge is 0.308 e. The molecular formula is C14H18N2O3. The molecule has 1 aromatic heterocycles. The summed E-state index contributed by atoms with van der Waals surface area (Å²) in [6, 6.07) is 3.86. The molecule has 3 atom stereocenters. The van der Waals surface area contributed by atoms with Gasteiger partial charge in [0.05, 0.1) is 11.6 Å². The summed E-state index contributed by atoms with van der Waals surface area (Å²) in [6.07, 6.45) is 2.72. The van der Waals surface area contributed by atoms with Gasteiger partial charge in [-0.25, -0.2) is 0 Å². The standard InChI is InChI=1S/C14H18N2O3/c1-8-2-5-13(17)11(15-8)7-16-9-3-4-12(16)10(6-9)14(18)19/h2,5,9-10,12,17H,3-4,6-7H2,1H3,(H,18,19). The maximum atomic E-state index is 11.2. The molecule has 102 valence electrons. The molecule has 19 heavy (non-hydrogen) atoms. The summed E-state index contributed by atoms with van der Waals surface area (Å²) >= 11 is 0. The largest absolute Gasteiger partial charge is 0.506 e. The number of hydrogen-bond acceptors (Lipinski definition) is 4. The minimum atomic E-state index is -0.696. The third-order valence-corrected chi connectivity index (χ3v) is 4.42. The van der Waals surface area contributed by atoms with E-state index in [1.54, 1.807) is 12.1 Å². The minimum Gasteiger partial charge on any atom is -0.506 e. The van der Waals surface area contributed by atoms with Gasteiger partial charge in [0, 0.05) is 24.3 Å². The molecule has 2 saturated heterocycles. The van der Waals surface area contributed by atoms with Gasteiger partial charge in [-0.1, -0.05) is 0 Å². The van der Waals surface area contributed by atoms with Crippen LogP contribution >= 0.6 is 0 Å². The van der Waals surface area contributed by atoms with Gasteiger partial charge in [-0.3, -0.25) is 14.7 Å². The van der Waals surface area contributed by atoms with Gasteiger partial charge >= 0.3 is 5.97 Å². The highest BCUT2D eigenvalue weighted by atomic mass is 16.4. The van der Waals surface area contributed by atoms with Crippen LogP contribution in [-0.4, -0.2) is 38.1 Å². The molecule has 5 heteroatoms. The first kappa shape index (κ1) is 12.4. The van der Waals surface area contributed by atoms with E-state index in [1.165, 1.54) is 0 Å². The normalized spacial score (nSPS) is 29.8. The Bertz CT molecular complexity index is 517. The van der Waals surface area contributed by atoms with Gasteiger partial charge in [0.1, 0.15) is 5.75 Å². The minimum absolute atomic E-state index is 0.101. The quantitative estimate of drug-likeness (QED) is 0.864. The number of aliphatic carboxylic acids is 1. The van der Waals surface area contributed by atoms with E-state index >= 15 is 0 Å². The van der Waals surface area contributed by atoms with E-state index in [4.69, 9.17) is 0 Å². The van der Waals surface area contributed by atoms with Crippen molar-refractivity contribution in [2.45, 2.75) is 44.8 Å². The molecule has 3 heterocycles. The van der Waals surface area contributed by atoms with Crippen LogP contribution in [0.1, 0.15) is 30.7 Å². The lowest BCUT2D eigenvalue weighted by atomic mass is 9.89. The lowest BCUT2D eigenvalue weighted by molar-refractivity contribution is -0.142. The van der Waals surface area contributed by atoms with Gasteiger partial charge in [-0.05, 0) is 38.3 Å². The van der Waals surface area contributed by atoms with Crippen molar-refractivity contribution >= 4 is 5.97 Å². The van der Waals surface area contributed by atoms with Crippen molar-refractivity contribution < 1.29 is 15.0 Å². The monoisotopic (exact) mass is 262 g/mol. The highest BCUT2D eigenvalue weighted by Gasteiger charge is 2.49. The molecule has 2 bridgehead atoms. The second-order valence-electron chi connectivity index (χ2n) is 5.57. The Morgan fingerprint density at radius 3 is 2.95 bits per heavy atom. The average Bonchev–Trinajstić information content (AvgIpc) is 2.91. The van der Waals surface area contributed by atoms with E-state index in [0.717, 1.165) is 25.0 Å². The molecule has 1 aromatic rings. The fourth-order valence-corrected chi connectivity index (χ4v) is 3.51. The second-order valence-corrected chi connectivity index (χ2v) is 5.57. The molecule has 0 spiro atoms. The predicted molar refractivity (Wildman–Crippen MR) is 68.7 cm³/mol. The van der Waals surface area contributed by atoms with Crippen molar-refractivity contribution in [1.82, 2.24) is 9.88 Å². The first-order valence-electron chi connectivity index (χ1n) is 6.70. The summed E-state index contributed by atoms with van der Waals surface area (Å²) < 4.78 is 0. The summed E-state index contributed by atoms with van der Waals surface area (Å²) in [5, 5.41) is 19.1. The molecule has 3 rings (SSSR count). The van der Waals surface area contributed by atoms with E-state index < -0.39 is 5.97 Å². The SMILES string of the molecule is Cc1ccc(O)c(CN2C3CCC2C(C(=O)O)C3)n1. The Kier molecular flexibility index (Phi) is 2.93. The van der Waals surface area contributed by atoms with Crippen molar-refractivity contribution in [3.8, 4) is 5.75 Å². The van der Waals surface area contributed by atoms with Crippen LogP contribution in [0.5, 0.6) is 5.75 Å². The number of carboxylic acids is 1. The molecule has 0 amide bonds. The van der Waals surface area contributed by atoms with Gasteiger partial charge in [0.25, 0.3) is 0 Å². The molecule has 3 unspecified atom stereocenters. The van der Waals surface area contributed by atoms with Crippen molar-refractivity contribution in [3.05, 3.63) is 23.5 Å². The van der Waals surface area contributed by atoms with Gasteiger partial charge in [-0.15, -0.1) is 0 Å². The van der Waals surface area contributed by atoms with Crippen LogP contribution < -0.4 is 0 Å². The Balaban J connectivity index is 1.81. The van der Waals surface area contributed by atoms with E-state index in [0.29, 0.717) is 18.3 Å². The number of rotatable bonds is 3. The number of aromatic hydroxyl groups is 1. The van der Waals surface area contributed by atoms with E-state index in [2.05, 4.69) is 9.88 Å². The summed E-state index contributed by atoms with van der Waals surface area (Å²) in [6.45, 7) is 2.44. The van der Waals surface area contributed by atoms with Crippen molar-refractivity contribution in [3.63, 3.8) is 0 Å². The summed E-state index contributed by atoms with van der Waals surface area (Å²) in [5.41, 5.74) is 1.53. The summed E-state index contributed by atoms with van der Waals surface area (Å²) in [4.78, 5) is 17.8. The molecule has 0 saturated carbocycles. The zero-order chi connectivity index (χ0) is 13.6. The van der Waals surface area contributed by atoms with Crippen molar-refractivity contribution in [2.75, 3.05) is 0 Å². The molecular weight excluding hydrogens is 244 g/mol. The van der Waals surface area contributed by atoms with Crippen molar-refractivity contribution in [1.29, 1.82) is 0 Å². The molecule has 0 aliphatic carbocycles. The summed E-state index contributed by atoms with van der Waals surface area (Å²) in [5.74, 6) is -0.756. The van der Waals surface area contributed by atoms with E-state index in [-0.39, 0.29) is 17.7 Å². The molecule has 2 fully saturated rings. The lowest BCUT2D eigenvalue weighted by Gasteiger charge is -2.22. The Morgan fingerprint density at radius 2 is 2.26 bits per heavy atom. The van der Waals surface area contributed by atoms with E-state index in [1.807, 2.05) is 6.92 Å². The predicted octanol–water partition coefficient (Wildman–Crippen LogP) is 1.53. The zero-order valence-corrected chi connectivity index (χ0v) is 10.9. The second kappa shape index (κ2) is 4.49. The fraction of sp³-hybridized carbons (Fsp3) is 0.571. The molecule has 5 nitrogen and oxygen atoms in total. The number of aromatic nitrogens is 1. The van der Waals surface area contributed by atoms with Gasteiger partial charge in [-0.2, -0.15) is 0 Å². The third kappa shape index (κ3) is 2.08. The Morgan fingerprint density at radius 1 is 1.47 bits per heavy atom. The van der Waals surface area contributed by atoms with Crippen LogP contribution in [0, 0.1) is 12.8 Å². The number of fused-ring (bicyclic) bond motifs is 2. The van der Waals surface area contributed by atoms with Crippen LogP contribution in [0.2, 0.25) is 0 Å². The van der Waals surface area contributed by atoms with Crippen LogP contribution in [0.3, 0.4) is 0 Å². The van der Waals surface area contributed by atoms with Gasteiger partial charge in [0.15, 0.2) is 0 Å². The first-order valence-corrected chi connectivity index (χ1v) is 6.70. The Labute approximate surface area is 111 Å². The Hall–Kier alpha value is -1.62. The third-order valence-electron chi connectivity index (χ3n) is 4.42. The number of hydrogen-bond donors (Lipinski definition) is 2. The molecule has 2 aliphatic rings. The molecule has 0 aromatic carbocycles. The zero-order valence-electron chi connectivity index (χ0n) is 10.9. The van der Waals surface area contributed by atoms with Gasteiger partial charge in [0.2, 0.25) is 0 Å². The number of nitrogens with zero attached hydrogens (tertiary/aromatic N) is 2. The first-order chi connectivity index (χ1) is 9.06. The van der Waals surface area contributed by atoms with Crippen LogP contribution in [0.15, 0.2) is 12.1 Å². The number of carbonyl (C=O) groups is 1. The van der Waals surface area contributed by atoms with Crippen LogP contribution in [0.25, 0.3) is 0 Å². The number of carboxylic acid groups (broad SMARTS) is 1. The van der Waals surface area contributed by atoms with Crippen LogP contribution in [-0.2, 0) is 11.3 Å². The van der Waals surface area contributed by atoms with Gasteiger partial charge < -0.3 is 10.2 Å². The lowest BCUT2D eigenvalue weighted by Crippen LogP contribution is -2.32. The average molecular weight is 262 g/mol. The topological polar surface area (TPSA) is 73.7 Å². The number of aryl methyl sites for hydroxylation is 1. The van der Waals surface area contributed by atoms with Crippen molar-refractivity contribution in [2.24, 2.45) is 5.92 Å². The molecule has 2 aliphatic heterocycles. The fourth-order valence-electron chi connectivity index (χ4n) is 3.51.